The molecule has 2 aromatic rings. The van der Waals surface area contributed by atoms with E-state index in [0.717, 1.165) is 0 Å². The van der Waals surface area contributed by atoms with E-state index in [4.69, 9.17) is 9.47 Å². The van der Waals surface area contributed by atoms with Gasteiger partial charge < -0.3 is 9.47 Å². The van der Waals surface area contributed by atoms with Crippen LogP contribution in [0.5, 0.6) is 5.75 Å². The molecule has 2 aromatic carbocycles. The Morgan fingerprint density at radius 1 is 1.00 bits per heavy atom. The minimum Gasteiger partial charge on any atom is -0.423 e. The second-order valence-corrected chi connectivity index (χ2v) is 8.36. The lowest BCUT2D eigenvalue weighted by atomic mass is 10.1. The molecule has 0 aliphatic carbocycles. The van der Waals surface area contributed by atoms with Crippen LogP contribution in [0.25, 0.3) is 6.08 Å². The second kappa shape index (κ2) is 9.13. The Kier molecular flexibility index (Phi) is 6.58. The molecule has 1 heterocycles. The molecule has 29 heavy (non-hydrogen) atoms. The number of Topliss-reactive ketones (excluding diaryl/α,β-unsaturated/α-hetero) is 1. The lowest BCUT2D eigenvalue weighted by Gasteiger charge is -2.26. The summed E-state index contributed by atoms with van der Waals surface area (Å²) >= 11 is 0. The summed E-state index contributed by atoms with van der Waals surface area (Å²) in [6.45, 7) is 2.91. The van der Waals surface area contributed by atoms with E-state index in [1.807, 2.05) is 0 Å². The zero-order valence-corrected chi connectivity index (χ0v) is 16.7. The first-order chi connectivity index (χ1) is 13.9. The number of morpholine rings is 1. The Balaban J connectivity index is 1.62. The number of hydrogen-bond donors (Lipinski definition) is 0. The molecule has 0 radical (unpaired) electrons. The summed E-state index contributed by atoms with van der Waals surface area (Å²) < 4.78 is 36.9. The number of benzene rings is 2. The second-order valence-electron chi connectivity index (χ2n) is 6.42. The Hall–Kier alpha value is -2.81. The lowest BCUT2D eigenvalue weighted by molar-refractivity contribution is -0.128. The van der Waals surface area contributed by atoms with Crippen LogP contribution < -0.4 is 4.74 Å². The van der Waals surface area contributed by atoms with Gasteiger partial charge in [0.05, 0.1) is 18.1 Å². The van der Waals surface area contributed by atoms with Crippen LogP contribution in [0, 0.1) is 0 Å². The smallest absolute Gasteiger partial charge is 0.336 e. The summed E-state index contributed by atoms with van der Waals surface area (Å²) in [6, 6.07) is 12.5. The summed E-state index contributed by atoms with van der Waals surface area (Å²) in [7, 11) is -3.55. The first kappa shape index (κ1) is 20.9. The number of sulfonamides is 1. The van der Waals surface area contributed by atoms with Crippen LogP contribution in [-0.4, -0.2) is 50.8 Å². The molecular weight excluding hydrogens is 394 g/mol. The molecular formula is C21H21NO6S. The molecule has 8 heteroatoms. The number of esters is 1. The van der Waals surface area contributed by atoms with Crippen molar-refractivity contribution in [3.05, 3.63) is 65.7 Å². The molecule has 7 nitrogen and oxygen atoms in total. The monoisotopic (exact) mass is 415 g/mol. The van der Waals surface area contributed by atoms with E-state index in [9.17, 15) is 18.0 Å². The van der Waals surface area contributed by atoms with Crippen molar-refractivity contribution in [2.24, 2.45) is 0 Å². The standard InChI is InChI=1S/C21H21NO6S/c1-16(23)18-5-7-19(8-6-18)28-21(24)11-4-17-2-9-20(10-3-17)29(25,26)22-12-14-27-15-13-22/h2-11H,12-15H2,1H3/b11-4+. The van der Waals surface area contributed by atoms with E-state index in [2.05, 4.69) is 0 Å². The molecule has 1 aliphatic rings. The normalized spacial score (nSPS) is 15.3. The molecule has 152 valence electrons. The Morgan fingerprint density at radius 3 is 2.21 bits per heavy atom. The minimum atomic E-state index is -3.55. The summed E-state index contributed by atoms with van der Waals surface area (Å²) in [6.07, 6.45) is 2.79. The van der Waals surface area contributed by atoms with Crippen LogP contribution in [0.4, 0.5) is 0 Å². The number of rotatable bonds is 6. The van der Waals surface area contributed by atoms with Gasteiger partial charge in [-0.05, 0) is 55.0 Å². The van der Waals surface area contributed by atoms with Gasteiger partial charge in [0, 0.05) is 24.7 Å². The number of carbonyl (C=O) groups is 2. The fraction of sp³-hybridized carbons (Fsp3) is 0.238. The fourth-order valence-electron chi connectivity index (χ4n) is 2.76. The Bertz CT molecular complexity index is 1000. The summed E-state index contributed by atoms with van der Waals surface area (Å²) in [5, 5.41) is 0. The van der Waals surface area contributed by atoms with Crippen molar-refractivity contribution in [3.63, 3.8) is 0 Å². The van der Waals surface area contributed by atoms with Gasteiger partial charge >= 0.3 is 5.97 Å². The van der Waals surface area contributed by atoms with Crippen LogP contribution in [0.3, 0.4) is 0 Å². The molecule has 0 saturated carbocycles. The maximum Gasteiger partial charge on any atom is 0.336 e. The van der Waals surface area contributed by atoms with Gasteiger partial charge in [0.2, 0.25) is 10.0 Å². The third-order valence-corrected chi connectivity index (χ3v) is 6.29. The third-order valence-electron chi connectivity index (χ3n) is 4.38. The van der Waals surface area contributed by atoms with Crippen molar-refractivity contribution >= 4 is 27.9 Å². The maximum absolute atomic E-state index is 12.6. The highest BCUT2D eigenvalue weighted by Gasteiger charge is 2.25. The zero-order valence-electron chi connectivity index (χ0n) is 15.9. The van der Waals surface area contributed by atoms with Gasteiger partial charge in [-0.15, -0.1) is 0 Å². The molecule has 1 aliphatic heterocycles. The number of carbonyl (C=O) groups excluding carboxylic acids is 2. The molecule has 0 atom stereocenters. The van der Waals surface area contributed by atoms with Crippen LogP contribution in [0.1, 0.15) is 22.8 Å². The number of nitrogens with zero attached hydrogens (tertiary/aromatic N) is 1. The van der Waals surface area contributed by atoms with Crippen molar-refractivity contribution in [1.29, 1.82) is 0 Å². The van der Waals surface area contributed by atoms with E-state index in [1.54, 1.807) is 36.4 Å². The van der Waals surface area contributed by atoms with Gasteiger partial charge in [-0.1, -0.05) is 12.1 Å². The van der Waals surface area contributed by atoms with Crippen LogP contribution in [-0.2, 0) is 19.6 Å². The third kappa shape index (κ3) is 5.38. The van der Waals surface area contributed by atoms with E-state index >= 15 is 0 Å². The fourth-order valence-corrected chi connectivity index (χ4v) is 4.17. The van der Waals surface area contributed by atoms with Gasteiger partial charge in [-0.3, -0.25) is 4.79 Å². The highest BCUT2D eigenvalue weighted by Crippen LogP contribution is 2.18. The average molecular weight is 415 g/mol. The predicted molar refractivity (Wildman–Crippen MR) is 107 cm³/mol. The maximum atomic E-state index is 12.6. The van der Waals surface area contributed by atoms with E-state index in [-0.39, 0.29) is 10.7 Å². The molecule has 0 spiro atoms. The van der Waals surface area contributed by atoms with Gasteiger partial charge in [-0.25, -0.2) is 13.2 Å². The van der Waals surface area contributed by atoms with Gasteiger partial charge in [0.1, 0.15) is 5.75 Å². The quantitative estimate of drug-likeness (QED) is 0.312. The predicted octanol–water partition coefficient (Wildman–Crippen LogP) is 2.53. The largest absolute Gasteiger partial charge is 0.423 e. The highest BCUT2D eigenvalue weighted by molar-refractivity contribution is 7.89. The molecule has 3 rings (SSSR count). The molecule has 0 amide bonds. The van der Waals surface area contributed by atoms with Crippen LogP contribution in [0.15, 0.2) is 59.5 Å². The van der Waals surface area contributed by atoms with Crippen molar-refractivity contribution in [2.75, 3.05) is 26.3 Å². The first-order valence-electron chi connectivity index (χ1n) is 9.05. The lowest BCUT2D eigenvalue weighted by Crippen LogP contribution is -2.40. The van der Waals surface area contributed by atoms with Gasteiger partial charge in [-0.2, -0.15) is 4.31 Å². The number of ether oxygens (including phenoxy) is 2. The zero-order chi connectivity index (χ0) is 20.9. The van der Waals surface area contributed by atoms with E-state index in [1.165, 1.54) is 35.5 Å². The van der Waals surface area contributed by atoms with Crippen LogP contribution in [0.2, 0.25) is 0 Å². The Morgan fingerprint density at radius 2 is 1.62 bits per heavy atom. The molecule has 0 N–H and O–H groups in total. The van der Waals surface area contributed by atoms with Crippen molar-refractivity contribution in [2.45, 2.75) is 11.8 Å². The SMILES string of the molecule is CC(=O)c1ccc(OC(=O)/C=C/c2ccc(S(=O)(=O)N3CCOCC3)cc2)cc1. The van der Waals surface area contributed by atoms with E-state index < -0.39 is 16.0 Å². The molecule has 0 unspecified atom stereocenters. The van der Waals surface area contributed by atoms with Gasteiger partial charge in [0.15, 0.2) is 5.78 Å². The topological polar surface area (TPSA) is 90.0 Å². The van der Waals surface area contributed by atoms with E-state index in [0.29, 0.717) is 43.2 Å². The number of ketones is 1. The van der Waals surface area contributed by atoms with Gasteiger partial charge in [0.25, 0.3) is 0 Å². The molecule has 0 bridgehead atoms. The van der Waals surface area contributed by atoms with Crippen molar-refractivity contribution in [1.82, 2.24) is 4.31 Å². The summed E-state index contributed by atoms with van der Waals surface area (Å²) in [4.78, 5) is 23.4. The molecule has 0 aromatic heterocycles. The summed E-state index contributed by atoms with van der Waals surface area (Å²) in [5.74, 6) is -0.316. The average Bonchev–Trinajstić information content (AvgIpc) is 2.73. The first-order valence-corrected chi connectivity index (χ1v) is 10.5. The molecule has 1 saturated heterocycles. The van der Waals surface area contributed by atoms with Crippen molar-refractivity contribution in [3.8, 4) is 5.75 Å². The number of hydrogen-bond acceptors (Lipinski definition) is 6. The van der Waals surface area contributed by atoms with Crippen molar-refractivity contribution < 1.29 is 27.5 Å². The minimum absolute atomic E-state index is 0.0677. The molecule has 1 fully saturated rings. The summed E-state index contributed by atoms with van der Waals surface area (Å²) in [5.41, 5.74) is 1.20. The van der Waals surface area contributed by atoms with Crippen LogP contribution >= 0.6 is 0 Å². The Labute approximate surface area is 169 Å². The highest BCUT2D eigenvalue weighted by atomic mass is 32.2.